The summed E-state index contributed by atoms with van der Waals surface area (Å²) in [5.74, 6) is 1.15. The van der Waals surface area contributed by atoms with E-state index in [1.807, 2.05) is 0 Å². The summed E-state index contributed by atoms with van der Waals surface area (Å²) in [5, 5.41) is 18.6. The summed E-state index contributed by atoms with van der Waals surface area (Å²) in [6, 6.07) is 0. The Morgan fingerprint density at radius 3 is 1.85 bits per heavy atom. The second-order valence-electron chi connectivity index (χ2n) is 4.39. The first-order chi connectivity index (χ1) is 6.35. The van der Waals surface area contributed by atoms with Crippen LogP contribution in [0.4, 0.5) is 0 Å². The van der Waals surface area contributed by atoms with E-state index in [0.29, 0.717) is 11.8 Å². The van der Waals surface area contributed by atoms with Crippen molar-refractivity contribution >= 4 is 0 Å². The molecular formula is C11H18O2. The summed E-state index contributed by atoms with van der Waals surface area (Å²) in [6.45, 7) is 0.331. The van der Waals surface area contributed by atoms with Crippen molar-refractivity contribution in [3.63, 3.8) is 0 Å². The molecule has 0 aromatic carbocycles. The van der Waals surface area contributed by atoms with Crippen molar-refractivity contribution in [2.45, 2.75) is 25.7 Å². The number of rotatable bonds is 2. The third-order valence-electron chi connectivity index (χ3n) is 3.90. The predicted octanol–water partition coefficient (Wildman–Crippen LogP) is 1.33. The molecule has 0 spiro atoms. The van der Waals surface area contributed by atoms with E-state index in [1.54, 1.807) is 0 Å². The van der Waals surface area contributed by atoms with Gasteiger partial charge in [-0.15, -0.1) is 0 Å². The van der Waals surface area contributed by atoms with Crippen molar-refractivity contribution in [3.8, 4) is 0 Å². The van der Waals surface area contributed by atoms with E-state index in [1.165, 1.54) is 0 Å². The van der Waals surface area contributed by atoms with Crippen LogP contribution in [0.15, 0.2) is 12.2 Å². The van der Waals surface area contributed by atoms with Gasteiger partial charge in [-0.3, -0.25) is 0 Å². The third kappa shape index (κ3) is 1.32. The Balaban J connectivity index is 2.05. The molecule has 2 rings (SSSR count). The summed E-state index contributed by atoms with van der Waals surface area (Å²) in [7, 11) is 0. The van der Waals surface area contributed by atoms with Crippen LogP contribution in [0.3, 0.4) is 0 Å². The number of fused-ring (bicyclic) bond motifs is 1. The van der Waals surface area contributed by atoms with Gasteiger partial charge in [0.25, 0.3) is 0 Å². The second kappa shape index (κ2) is 3.43. The fourth-order valence-corrected chi connectivity index (χ4v) is 2.95. The number of aliphatic hydroxyl groups is 2. The van der Waals surface area contributed by atoms with E-state index >= 15 is 0 Å². The smallest absolute Gasteiger partial charge is 0.0514 e. The lowest BCUT2D eigenvalue weighted by atomic mass is 10.0. The zero-order valence-electron chi connectivity index (χ0n) is 7.95. The lowest BCUT2D eigenvalue weighted by molar-refractivity contribution is 0.111. The van der Waals surface area contributed by atoms with E-state index < -0.39 is 0 Å². The van der Waals surface area contributed by atoms with Gasteiger partial charge in [-0.25, -0.2) is 0 Å². The molecule has 0 amide bonds. The van der Waals surface area contributed by atoms with E-state index in [2.05, 4.69) is 12.2 Å². The monoisotopic (exact) mass is 182 g/mol. The SMILES string of the molecule is OCC1(CO)[C@H]2CCC=CCC[C@@H]21. The van der Waals surface area contributed by atoms with Gasteiger partial charge in [0.05, 0.1) is 13.2 Å². The zero-order chi connectivity index (χ0) is 9.31. The minimum Gasteiger partial charge on any atom is -0.396 e. The highest BCUT2D eigenvalue weighted by Crippen LogP contribution is 2.62. The Labute approximate surface area is 79.3 Å². The third-order valence-corrected chi connectivity index (χ3v) is 3.90. The first-order valence-corrected chi connectivity index (χ1v) is 5.22. The highest BCUT2D eigenvalue weighted by molar-refractivity contribution is 5.11. The molecule has 0 aromatic rings. The molecule has 2 aliphatic carbocycles. The van der Waals surface area contributed by atoms with Crippen LogP contribution in [0.25, 0.3) is 0 Å². The zero-order valence-corrected chi connectivity index (χ0v) is 7.95. The molecular weight excluding hydrogens is 164 g/mol. The minimum atomic E-state index is -0.119. The van der Waals surface area contributed by atoms with Crippen molar-refractivity contribution in [3.05, 3.63) is 12.2 Å². The van der Waals surface area contributed by atoms with Crippen LogP contribution in [-0.2, 0) is 0 Å². The van der Waals surface area contributed by atoms with E-state index in [4.69, 9.17) is 0 Å². The Kier molecular flexibility index (Phi) is 2.43. The molecule has 13 heavy (non-hydrogen) atoms. The maximum atomic E-state index is 9.29. The van der Waals surface area contributed by atoms with Crippen molar-refractivity contribution in [2.24, 2.45) is 17.3 Å². The fourth-order valence-electron chi connectivity index (χ4n) is 2.95. The Bertz CT molecular complexity index is 188. The molecule has 0 radical (unpaired) electrons. The van der Waals surface area contributed by atoms with E-state index in [9.17, 15) is 10.2 Å². The van der Waals surface area contributed by atoms with Gasteiger partial charge in [0.15, 0.2) is 0 Å². The van der Waals surface area contributed by atoms with Crippen LogP contribution in [-0.4, -0.2) is 23.4 Å². The van der Waals surface area contributed by atoms with Gasteiger partial charge in [-0.1, -0.05) is 12.2 Å². The van der Waals surface area contributed by atoms with Crippen molar-refractivity contribution in [2.75, 3.05) is 13.2 Å². The predicted molar refractivity (Wildman–Crippen MR) is 51.2 cm³/mol. The van der Waals surface area contributed by atoms with Crippen LogP contribution in [0, 0.1) is 17.3 Å². The fraction of sp³-hybridized carbons (Fsp3) is 0.818. The van der Waals surface area contributed by atoms with Gasteiger partial charge >= 0.3 is 0 Å². The number of allylic oxidation sites excluding steroid dienone is 2. The number of hydrogen-bond acceptors (Lipinski definition) is 2. The van der Waals surface area contributed by atoms with Crippen LogP contribution in [0.1, 0.15) is 25.7 Å². The molecule has 0 bridgehead atoms. The largest absolute Gasteiger partial charge is 0.396 e. The highest BCUT2D eigenvalue weighted by atomic mass is 16.3. The van der Waals surface area contributed by atoms with Crippen molar-refractivity contribution in [1.29, 1.82) is 0 Å². The van der Waals surface area contributed by atoms with E-state index in [0.717, 1.165) is 25.7 Å². The summed E-state index contributed by atoms with van der Waals surface area (Å²) < 4.78 is 0. The second-order valence-corrected chi connectivity index (χ2v) is 4.39. The molecule has 2 aliphatic rings. The maximum absolute atomic E-state index is 9.29. The minimum absolute atomic E-state index is 0.119. The lowest BCUT2D eigenvalue weighted by Gasteiger charge is -2.10. The topological polar surface area (TPSA) is 40.5 Å². The maximum Gasteiger partial charge on any atom is 0.0514 e. The van der Waals surface area contributed by atoms with Crippen LogP contribution in [0.2, 0.25) is 0 Å². The summed E-state index contributed by atoms with van der Waals surface area (Å²) in [4.78, 5) is 0. The molecule has 2 heteroatoms. The van der Waals surface area contributed by atoms with Crippen LogP contribution >= 0.6 is 0 Å². The number of aliphatic hydroxyl groups excluding tert-OH is 2. The average Bonchev–Trinajstić information content (AvgIpc) is 2.71. The Morgan fingerprint density at radius 1 is 1.00 bits per heavy atom. The molecule has 74 valence electrons. The van der Waals surface area contributed by atoms with Crippen molar-refractivity contribution < 1.29 is 10.2 Å². The van der Waals surface area contributed by atoms with Gasteiger partial charge in [-0.2, -0.15) is 0 Å². The summed E-state index contributed by atoms with van der Waals surface area (Å²) in [5.41, 5.74) is -0.119. The first kappa shape index (κ1) is 9.22. The van der Waals surface area contributed by atoms with Gasteiger partial charge in [0.1, 0.15) is 0 Å². The summed E-state index contributed by atoms with van der Waals surface area (Å²) >= 11 is 0. The molecule has 2 nitrogen and oxygen atoms in total. The van der Waals surface area contributed by atoms with Crippen LogP contribution < -0.4 is 0 Å². The molecule has 1 fully saturated rings. The summed E-state index contributed by atoms with van der Waals surface area (Å²) in [6.07, 6.45) is 8.97. The molecule has 0 aliphatic heterocycles. The normalized spacial score (nSPS) is 36.2. The number of hydrogen-bond donors (Lipinski definition) is 2. The lowest BCUT2D eigenvalue weighted by Crippen LogP contribution is -2.16. The first-order valence-electron chi connectivity index (χ1n) is 5.22. The average molecular weight is 182 g/mol. The molecule has 2 N–H and O–H groups in total. The molecule has 0 saturated heterocycles. The standard InChI is InChI=1S/C11H18O2/c12-7-11(8-13)9-5-3-1-2-4-6-10(9)11/h1-2,9-10,12-13H,3-8H2/t9-,10-/m0/s1. The van der Waals surface area contributed by atoms with Gasteiger partial charge in [0.2, 0.25) is 0 Å². The van der Waals surface area contributed by atoms with Gasteiger partial charge in [-0.05, 0) is 37.5 Å². The Hall–Kier alpha value is -0.340. The van der Waals surface area contributed by atoms with Crippen LogP contribution in [0.5, 0.6) is 0 Å². The quantitative estimate of drug-likeness (QED) is 0.633. The molecule has 1 saturated carbocycles. The molecule has 0 aromatic heterocycles. The van der Waals surface area contributed by atoms with Crippen molar-refractivity contribution in [1.82, 2.24) is 0 Å². The van der Waals surface area contributed by atoms with E-state index in [-0.39, 0.29) is 18.6 Å². The highest BCUT2D eigenvalue weighted by Gasteiger charge is 2.62. The molecule has 0 heterocycles. The molecule has 2 atom stereocenters. The van der Waals surface area contributed by atoms with Gasteiger partial charge < -0.3 is 10.2 Å². The molecule has 0 unspecified atom stereocenters. The Morgan fingerprint density at radius 2 is 1.46 bits per heavy atom. The van der Waals surface area contributed by atoms with Gasteiger partial charge in [0, 0.05) is 5.41 Å².